The first-order valence-electron chi connectivity index (χ1n) is 9.45. The number of carbonyl (C=O) groups is 1. The van der Waals surface area contributed by atoms with Crippen LogP contribution in [-0.4, -0.2) is 33.4 Å². The number of hydrogen-bond acceptors (Lipinski definition) is 6. The number of ether oxygens (including phenoxy) is 1. The maximum absolute atomic E-state index is 13.4. The third-order valence-electron chi connectivity index (χ3n) is 4.57. The second-order valence-electron chi connectivity index (χ2n) is 6.69. The Kier molecular flexibility index (Phi) is 6.81. The molecule has 0 aliphatic rings. The van der Waals surface area contributed by atoms with Gasteiger partial charge >= 0.3 is 0 Å². The summed E-state index contributed by atoms with van der Waals surface area (Å²) in [5.74, 6) is 0.0222. The van der Waals surface area contributed by atoms with Gasteiger partial charge in [0.1, 0.15) is 5.75 Å². The number of ketones is 1. The highest BCUT2D eigenvalue weighted by molar-refractivity contribution is 8.04. The minimum Gasteiger partial charge on any atom is -0.497 e. The highest BCUT2D eigenvalue weighted by Crippen LogP contribution is 2.28. The first kappa shape index (κ1) is 23.2. The second-order valence-corrected chi connectivity index (χ2v) is 10.6. The lowest BCUT2D eigenvalue weighted by molar-refractivity contribution is -0.111. The molecule has 0 radical (unpaired) electrons. The lowest BCUT2D eigenvalue weighted by Crippen LogP contribution is -2.33. The summed E-state index contributed by atoms with van der Waals surface area (Å²) in [5.41, 5.74) is 0.251. The van der Waals surface area contributed by atoms with Crippen molar-refractivity contribution in [3.8, 4) is 5.75 Å². The summed E-state index contributed by atoms with van der Waals surface area (Å²) in [6.45, 7) is 1.23. The fraction of sp³-hybridized carbons (Fsp3) is 0.0870. The summed E-state index contributed by atoms with van der Waals surface area (Å²) in [6, 6.07) is 20.6. The van der Waals surface area contributed by atoms with Crippen LogP contribution in [0.5, 0.6) is 5.75 Å². The molecule has 0 saturated carbocycles. The van der Waals surface area contributed by atoms with E-state index in [-0.39, 0.29) is 19.1 Å². The molecule has 0 fully saturated rings. The van der Waals surface area contributed by atoms with E-state index < -0.39 is 25.8 Å². The molecule has 7 nitrogen and oxygen atoms in total. The number of rotatable bonds is 8. The highest BCUT2D eigenvalue weighted by atomic mass is 32.3. The number of hydrogen-bond donors (Lipinski definition) is 0. The fourth-order valence-electron chi connectivity index (χ4n) is 2.91. The van der Waals surface area contributed by atoms with Crippen molar-refractivity contribution in [3.63, 3.8) is 0 Å². The van der Waals surface area contributed by atoms with Crippen molar-refractivity contribution in [1.82, 2.24) is 3.71 Å². The van der Waals surface area contributed by atoms with E-state index in [1.807, 2.05) is 0 Å². The van der Waals surface area contributed by atoms with E-state index in [0.717, 1.165) is 6.20 Å². The van der Waals surface area contributed by atoms with Crippen LogP contribution in [0.1, 0.15) is 12.5 Å². The van der Waals surface area contributed by atoms with E-state index >= 15 is 0 Å². The van der Waals surface area contributed by atoms with Crippen molar-refractivity contribution in [2.24, 2.45) is 0 Å². The molecule has 0 aliphatic heterocycles. The first-order chi connectivity index (χ1) is 15.2. The van der Waals surface area contributed by atoms with Crippen LogP contribution in [0, 0.1) is 0 Å². The summed E-state index contributed by atoms with van der Waals surface area (Å²) in [4.78, 5) is 12.0. The van der Waals surface area contributed by atoms with Crippen LogP contribution in [-0.2, 0) is 24.8 Å². The summed E-state index contributed by atoms with van der Waals surface area (Å²) in [6.07, 6.45) is 0.856. The Morgan fingerprint density at radius 3 is 1.56 bits per heavy atom. The van der Waals surface area contributed by atoms with E-state index in [9.17, 15) is 21.6 Å². The zero-order chi connectivity index (χ0) is 23.4. The maximum atomic E-state index is 13.4. The minimum absolute atomic E-state index is 0.0911. The lowest BCUT2D eigenvalue weighted by Gasteiger charge is -2.22. The van der Waals surface area contributed by atoms with E-state index in [2.05, 4.69) is 0 Å². The van der Waals surface area contributed by atoms with Crippen molar-refractivity contribution in [1.29, 1.82) is 0 Å². The van der Waals surface area contributed by atoms with Gasteiger partial charge < -0.3 is 4.74 Å². The fourth-order valence-corrected chi connectivity index (χ4v) is 6.36. The molecule has 9 heteroatoms. The lowest BCUT2D eigenvalue weighted by atomic mass is 10.0. The van der Waals surface area contributed by atoms with Gasteiger partial charge in [-0.3, -0.25) is 4.79 Å². The molecule has 166 valence electrons. The second kappa shape index (κ2) is 9.37. The van der Waals surface area contributed by atoms with Crippen LogP contribution < -0.4 is 4.74 Å². The maximum Gasteiger partial charge on any atom is 0.277 e. The standard InChI is InChI=1S/C23H21NO6S2/c1-18(25)23(19-13-15-20(30-2)16-14-19)17-24(31(26,27)21-9-5-3-6-10-21)32(28,29)22-11-7-4-8-12-22/h3-17H,1-2H3/b23-17+. The van der Waals surface area contributed by atoms with Gasteiger partial charge in [0.05, 0.1) is 16.9 Å². The molecule has 0 unspecified atom stereocenters. The molecule has 32 heavy (non-hydrogen) atoms. The Hall–Kier alpha value is -3.43. The minimum atomic E-state index is -4.56. The molecule has 0 aliphatic carbocycles. The Balaban J connectivity index is 2.27. The van der Waals surface area contributed by atoms with Gasteiger partial charge in [0.15, 0.2) is 5.78 Å². The van der Waals surface area contributed by atoms with Crippen LogP contribution in [0.15, 0.2) is 101 Å². The number of carbonyl (C=O) groups excluding carboxylic acids is 1. The zero-order valence-corrected chi connectivity index (χ0v) is 19.0. The molecule has 3 aromatic rings. The van der Waals surface area contributed by atoms with E-state index in [0.29, 0.717) is 11.3 Å². The van der Waals surface area contributed by atoms with E-state index in [4.69, 9.17) is 4.74 Å². The van der Waals surface area contributed by atoms with Gasteiger partial charge in [-0.15, -0.1) is 0 Å². The van der Waals surface area contributed by atoms with Crippen LogP contribution in [0.3, 0.4) is 0 Å². The molecule has 0 N–H and O–H groups in total. The van der Waals surface area contributed by atoms with Gasteiger partial charge in [0.25, 0.3) is 20.0 Å². The Bertz CT molecular complexity index is 1260. The van der Waals surface area contributed by atoms with Gasteiger partial charge in [-0.05, 0) is 48.9 Å². The van der Waals surface area contributed by atoms with Gasteiger partial charge in [-0.2, -0.15) is 3.71 Å². The Morgan fingerprint density at radius 2 is 1.19 bits per heavy atom. The van der Waals surface area contributed by atoms with Gasteiger partial charge in [0.2, 0.25) is 0 Å². The number of methoxy groups -OCH3 is 1. The molecule has 0 spiro atoms. The van der Waals surface area contributed by atoms with Crippen LogP contribution in [0.25, 0.3) is 5.57 Å². The van der Waals surface area contributed by atoms with Gasteiger partial charge in [-0.1, -0.05) is 48.5 Å². The molecule has 0 bridgehead atoms. The molecule has 0 atom stereocenters. The smallest absolute Gasteiger partial charge is 0.277 e. The van der Waals surface area contributed by atoms with Crippen LogP contribution >= 0.6 is 0 Å². The van der Waals surface area contributed by atoms with Crippen molar-refractivity contribution in [3.05, 3.63) is 96.7 Å². The summed E-state index contributed by atoms with van der Waals surface area (Å²) in [7, 11) is -7.65. The molecule has 0 aromatic heterocycles. The molecule has 0 heterocycles. The first-order valence-corrected chi connectivity index (χ1v) is 12.3. The molecule has 0 amide bonds. The average Bonchev–Trinajstić information content (AvgIpc) is 2.80. The number of Topliss-reactive ketones (excluding diaryl/α,β-unsaturated/α-hetero) is 1. The predicted octanol–water partition coefficient (Wildman–Crippen LogP) is 3.70. The quantitative estimate of drug-likeness (QED) is 0.465. The Labute approximate surface area is 187 Å². The van der Waals surface area contributed by atoms with Crippen molar-refractivity contribution in [2.45, 2.75) is 16.7 Å². The molecular weight excluding hydrogens is 450 g/mol. The molecular formula is C23H21NO6S2. The third kappa shape index (κ3) is 4.74. The van der Waals surface area contributed by atoms with Crippen LogP contribution in [0.2, 0.25) is 0 Å². The van der Waals surface area contributed by atoms with Crippen molar-refractivity contribution in [2.75, 3.05) is 7.11 Å². The zero-order valence-electron chi connectivity index (χ0n) is 17.4. The summed E-state index contributed by atoms with van der Waals surface area (Å²) >= 11 is 0. The molecule has 3 aromatic carbocycles. The predicted molar refractivity (Wildman–Crippen MR) is 121 cm³/mol. The summed E-state index contributed by atoms with van der Waals surface area (Å²) in [5, 5.41) is 0. The van der Waals surface area contributed by atoms with Crippen molar-refractivity contribution < 1.29 is 26.4 Å². The number of sulfonamides is 2. The van der Waals surface area contributed by atoms with E-state index in [1.54, 1.807) is 36.4 Å². The third-order valence-corrected chi connectivity index (χ3v) is 8.64. The normalized spacial score (nSPS) is 12.2. The largest absolute Gasteiger partial charge is 0.497 e. The average molecular weight is 472 g/mol. The van der Waals surface area contributed by atoms with E-state index in [1.165, 1.54) is 62.6 Å². The summed E-state index contributed by atoms with van der Waals surface area (Å²) < 4.78 is 59.0. The number of nitrogens with zero attached hydrogens (tertiary/aromatic N) is 1. The highest BCUT2D eigenvalue weighted by Gasteiger charge is 2.35. The van der Waals surface area contributed by atoms with Crippen LogP contribution in [0.4, 0.5) is 0 Å². The number of allylic oxidation sites excluding steroid dienone is 1. The molecule has 3 rings (SSSR count). The number of benzene rings is 3. The van der Waals surface area contributed by atoms with Crippen molar-refractivity contribution >= 4 is 31.4 Å². The monoisotopic (exact) mass is 471 g/mol. The van der Waals surface area contributed by atoms with Gasteiger partial charge in [-0.25, -0.2) is 16.8 Å². The Morgan fingerprint density at radius 1 is 0.750 bits per heavy atom. The molecule has 0 saturated heterocycles. The topological polar surface area (TPSA) is 97.8 Å². The SMILES string of the molecule is COc1ccc(/C(=C/N(S(=O)(=O)c2ccccc2)S(=O)(=O)c2ccccc2)C(C)=O)cc1. The van der Waals surface area contributed by atoms with Gasteiger partial charge in [0, 0.05) is 11.8 Å².